The number of nitrogens with one attached hydrogen (secondary N) is 1. The van der Waals surface area contributed by atoms with Gasteiger partial charge in [-0.1, -0.05) is 25.7 Å². The standard InChI is InChI=1S/C26H38N4O2/c1-19(27)18-25(26(31)29-20-6-3-2-4-7-20)28-21-10-12-23(13-11-21)32-24-14-16-30(17-15-24)22-8-5-9-22/h10-13,18,20,22,24H,2-9,14-17,27H2,1H3,(H,29,31). The normalized spacial score (nSPS) is 22.4. The molecule has 2 aliphatic carbocycles. The fraction of sp³-hybridized carbons (Fsp3) is 0.615. The number of piperidine rings is 1. The molecule has 32 heavy (non-hydrogen) atoms. The number of nitrogens with zero attached hydrogens (tertiary/aromatic N) is 2. The molecule has 1 aromatic rings. The van der Waals surface area contributed by atoms with E-state index in [1.807, 2.05) is 24.3 Å². The second kappa shape index (κ2) is 11.0. The first-order valence-electron chi connectivity index (χ1n) is 12.4. The van der Waals surface area contributed by atoms with Crippen molar-refractivity contribution >= 4 is 17.3 Å². The largest absolute Gasteiger partial charge is 0.490 e. The molecule has 3 fully saturated rings. The van der Waals surface area contributed by atoms with E-state index < -0.39 is 0 Å². The van der Waals surface area contributed by atoms with E-state index in [1.54, 1.807) is 13.0 Å². The predicted octanol–water partition coefficient (Wildman–Crippen LogP) is 4.47. The van der Waals surface area contributed by atoms with Gasteiger partial charge in [-0.05, 0) is 75.8 Å². The zero-order valence-corrected chi connectivity index (χ0v) is 19.4. The number of ether oxygens (including phenoxy) is 1. The molecule has 2 saturated carbocycles. The molecule has 1 amide bonds. The molecule has 174 valence electrons. The minimum absolute atomic E-state index is 0.153. The fourth-order valence-corrected chi connectivity index (χ4v) is 4.91. The summed E-state index contributed by atoms with van der Waals surface area (Å²) in [7, 11) is 0. The molecule has 0 radical (unpaired) electrons. The molecule has 1 saturated heterocycles. The molecule has 0 unspecified atom stereocenters. The van der Waals surface area contributed by atoms with E-state index in [9.17, 15) is 4.79 Å². The highest BCUT2D eigenvalue weighted by molar-refractivity contribution is 6.44. The van der Waals surface area contributed by atoms with E-state index in [2.05, 4.69) is 15.2 Å². The molecule has 0 spiro atoms. The minimum atomic E-state index is -0.153. The number of amides is 1. The first kappa shape index (κ1) is 22.8. The predicted molar refractivity (Wildman–Crippen MR) is 129 cm³/mol. The van der Waals surface area contributed by atoms with Crippen LogP contribution in [0.4, 0.5) is 5.69 Å². The van der Waals surface area contributed by atoms with Crippen molar-refractivity contribution in [2.75, 3.05) is 13.1 Å². The molecule has 6 heteroatoms. The van der Waals surface area contributed by atoms with Crippen LogP contribution in [0.3, 0.4) is 0 Å². The van der Waals surface area contributed by atoms with Crippen molar-refractivity contribution in [1.29, 1.82) is 0 Å². The van der Waals surface area contributed by atoms with Gasteiger partial charge in [0.2, 0.25) is 0 Å². The van der Waals surface area contributed by atoms with Gasteiger partial charge < -0.3 is 20.7 Å². The summed E-state index contributed by atoms with van der Waals surface area (Å²) in [5.74, 6) is 0.713. The number of likely N-dealkylation sites (tertiary alicyclic amines) is 1. The van der Waals surface area contributed by atoms with Gasteiger partial charge in [-0.25, -0.2) is 4.99 Å². The second-order valence-corrected chi connectivity index (χ2v) is 9.63. The van der Waals surface area contributed by atoms with E-state index in [-0.39, 0.29) is 18.1 Å². The number of benzene rings is 1. The molecular formula is C26H38N4O2. The highest BCUT2D eigenvalue weighted by atomic mass is 16.5. The smallest absolute Gasteiger partial charge is 0.270 e. The van der Waals surface area contributed by atoms with Gasteiger partial charge in [-0.3, -0.25) is 4.79 Å². The van der Waals surface area contributed by atoms with Crippen LogP contribution < -0.4 is 15.8 Å². The van der Waals surface area contributed by atoms with Crippen molar-refractivity contribution < 1.29 is 9.53 Å². The van der Waals surface area contributed by atoms with Gasteiger partial charge in [0, 0.05) is 30.9 Å². The van der Waals surface area contributed by atoms with E-state index in [4.69, 9.17) is 10.5 Å². The van der Waals surface area contributed by atoms with Crippen molar-refractivity contribution in [3.05, 3.63) is 36.0 Å². The molecule has 1 aromatic carbocycles. The summed E-state index contributed by atoms with van der Waals surface area (Å²) in [4.78, 5) is 20.0. The van der Waals surface area contributed by atoms with Crippen LogP contribution >= 0.6 is 0 Å². The van der Waals surface area contributed by atoms with E-state index in [0.29, 0.717) is 11.4 Å². The van der Waals surface area contributed by atoms with Crippen LogP contribution in [0.5, 0.6) is 5.75 Å². The van der Waals surface area contributed by atoms with E-state index >= 15 is 0 Å². The number of hydrogen-bond donors (Lipinski definition) is 2. The van der Waals surface area contributed by atoms with Crippen LogP contribution in [-0.4, -0.2) is 47.8 Å². The summed E-state index contributed by atoms with van der Waals surface area (Å²) >= 11 is 0. The van der Waals surface area contributed by atoms with Gasteiger partial charge in [-0.15, -0.1) is 0 Å². The molecule has 6 nitrogen and oxygen atoms in total. The van der Waals surface area contributed by atoms with Gasteiger partial charge in [-0.2, -0.15) is 0 Å². The van der Waals surface area contributed by atoms with Gasteiger partial charge >= 0.3 is 0 Å². The quantitative estimate of drug-likeness (QED) is 0.616. The SMILES string of the molecule is CC(N)=CC(=Nc1ccc(OC2CCN(C3CCC3)CC2)cc1)C(=O)NC1CCCCC1. The zero-order valence-electron chi connectivity index (χ0n) is 19.4. The average molecular weight is 439 g/mol. The summed E-state index contributed by atoms with van der Waals surface area (Å²) in [6, 6.07) is 8.78. The van der Waals surface area contributed by atoms with Crippen LogP contribution in [0.25, 0.3) is 0 Å². The molecule has 3 aliphatic rings. The van der Waals surface area contributed by atoms with Gasteiger partial charge in [0.15, 0.2) is 0 Å². The Hall–Kier alpha value is -2.34. The number of rotatable bonds is 7. The van der Waals surface area contributed by atoms with Crippen molar-refractivity contribution in [2.24, 2.45) is 10.7 Å². The number of allylic oxidation sites excluding steroid dienone is 1. The Morgan fingerprint density at radius 2 is 1.72 bits per heavy atom. The molecule has 1 heterocycles. The van der Waals surface area contributed by atoms with Crippen molar-refractivity contribution in [3.63, 3.8) is 0 Å². The monoisotopic (exact) mass is 438 g/mol. The third-order valence-corrected chi connectivity index (χ3v) is 6.99. The van der Waals surface area contributed by atoms with Gasteiger partial charge in [0.1, 0.15) is 17.6 Å². The number of hydrogen-bond acceptors (Lipinski definition) is 5. The Balaban J connectivity index is 1.34. The van der Waals surface area contributed by atoms with Crippen LogP contribution in [-0.2, 0) is 4.79 Å². The van der Waals surface area contributed by atoms with Gasteiger partial charge in [0.25, 0.3) is 5.91 Å². The Bertz CT molecular complexity index is 811. The molecule has 1 aliphatic heterocycles. The van der Waals surface area contributed by atoms with Crippen LogP contribution in [0.15, 0.2) is 41.0 Å². The van der Waals surface area contributed by atoms with Gasteiger partial charge in [0.05, 0.1) is 5.69 Å². The molecule has 0 atom stereocenters. The molecular weight excluding hydrogens is 400 g/mol. The maximum Gasteiger partial charge on any atom is 0.270 e. The Kier molecular flexibility index (Phi) is 7.85. The highest BCUT2D eigenvalue weighted by Crippen LogP contribution is 2.29. The van der Waals surface area contributed by atoms with Crippen molar-refractivity contribution in [2.45, 2.75) is 89.3 Å². The third-order valence-electron chi connectivity index (χ3n) is 6.99. The third kappa shape index (κ3) is 6.35. The summed E-state index contributed by atoms with van der Waals surface area (Å²) in [6.45, 7) is 4.06. The molecule has 3 N–H and O–H groups in total. The first-order valence-corrected chi connectivity index (χ1v) is 12.4. The van der Waals surface area contributed by atoms with Crippen LogP contribution in [0, 0.1) is 0 Å². The Morgan fingerprint density at radius 3 is 2.31 bits per heavy atom. The minimum Gasteiger partial charge on any atom is -0.490 e. The molecule has 0 bridgehead atoms. The topological polar surface area (TPSA) is 80.0 Å². The van der Waals surface area contributed by atoms with Crippen LogP contribution in [0.1, 0.15) is 71.1 Å². The Morgan fingerprint density at radius 1 is 1.03 bits per heavy atom. The number of aliphatic imine (C=N–C) groups is 1. The fourth-order valence-electron chi connectivity index (χ4n) is 4.91. The lowest BCUT2D eigenvalue weighted by atomic mass is 9.90. The second-order valence-electron chi connectivity index (χ2n) is 9.63. The maximum absolute atomic E-state index is 12.8. The summed E-state index contributed by atoms with van der Waals surface area (Å²) in [5, 5.41) is 3.13. The lowest BCUT2D eigenvalue weighted by molar-refractivity contribution is -0.115. The average Bonchev–Trinajstić information content (AvgIpc) is 2.75. The number of nitrogens with two attached hydrogens (primary N) is 1. The molecule has 0 aromatic heterocycles. The zero-order chi connectivity index (χ0) is 22.3. The van der Waals surface area contributed by atoms with E-state index in [1.165, 1.54) is 38.5 Å². The number of carbonyl (C=O) groups is 1. The molecule has 4 rings (SSSR count). The van der Waals surface area contributed by atoms with E-state index in [0.717, 1.165) is 56.3 Å². The number of carbonyl (C=O) groups excluding carboxylic acids is 1. The van der Waals surface area contributed by atoms with Crippen LogP contribution in [0.2, 0.25) is 0 Å². The summed E-state index contributed by atoms with van der Waals surface area (Å²) in [5.41, 5.74) is 7.51. The van der Waals surface area contributed by atoms with Crippen molar-refractivity contribution in [1.82, 2.24) is 10.2 Å². The maximum atomic E-state index is 12.8. The summed E-state index contributed by atoms with van der Waals surface area (Å²) < 4.78 is 6.22. The first-order chi connectivity index (χ1) is 15.6. The lowest BCUT2D eigenvalue weighted by Crippen LogP contribution is -2.46. The van der Waals surface area contributed by atoms with Crippen molar-refractivity contribution in [3.8, 4) is 5.75 Å². The highest BCUT2D eigenvalue weighted by Gasteiger charge is 2.29. The summed E-state index contributed by atoms with van der Waals surface area (Å²) in [6.07, 6.45) is 13.9. The Labute approximate surface area is 192 Å². The lowest BCUT2D eigenvalue weighted by Gasteiger charge is -2.41.